The lowest BCUT2D eigenvalue weighted by Crippen LogP contribution is -2.11. The van der Waals surface area contributed by atoms with E-state index in [4.69, 9.17) is 13.9 Å². The third-order valence-corrected chi connectivity index (χ3v) is 4.28. The van der Waals surface area contributed by atoms with Crippen LogP contribution in [-0.2, 0) is 6.61 Å². The Morgan fingerprint density at radius 1 is 1.09 bits per heavy atom. The molecule has 0 aliphatic rings. The molecule has 0 fully saturated rings. The van der Waals surface area contributed by atoms with Gasteiger partial charge in [0.1, 0.15) is 12.4 Å². The second kappa shape index (κ2) is 10.4. The molecule has 11 heteroatoms. The zero-order valence-electron chi connectivity index (χ0n) is 17.7. The first-order valence-electron chi connectivity index (χ1n) is 9.76. The predicted octanol–water partition coefficient (Wildman–Crippen LogP) is 5.33. The van der Waals surface area contributed by atoms with Crippen molar-refractivity contribution in [3.8, 4) is 17.2 Å². The monoisotopic (exact) mass is 462 g/mol. The first-order valence-corrected chi connectivity index (χ1v) is 9.76. The van der Waals surface area contributed by atoms with E-state index in [-0.39, 0.29) is 53.4 Å². The summed E-state index contributed by atoms with van der Waals surface area (Å²) in [6.45, 7) is 0.456. The molecule has 1 amide bonds. The van der Waals surface area contributed by atoms with E-state index < -0.39 is 17.4 Å². The molecule has 3 aromatic rings. The summed E-state index contributed by atoms with van der Waals surface area (Å²) < 4.78 is 45.7. The maximum atomic E-state index is 12.5. The lowest BCUT2D eigenvalue weighted by atomic mass is 10.2. The number of nitrogens with zero attached hydrogens (tertiary/aromatic N) is 1. The van der Waals surface area contributed by atoms with E-state index in [0.717, 1.165) is 0 Å². The summed E-state index contributed by atoms with van der Waals surface area (Å²) >= 11 is 0. The van der Waals surface area contributed by atoms with Crippen LogP contribution in [0.25, 0.3) is 0 Å². The number of amides is 1. The van der Waals surface area contributed by atoms with Crippen molar-refractivity contribution in [1.82, 2.24) is 0 Å². The van der Waals surface area contributed by atoms with Gasteiger partial charge in [0.25, 0.3) is 5.91 Å². The van der Waals surface area contributed by atoms with Crippen LogP contribution in [0.15, 0.2) is 52.9 Å². The van der Waals surface area contributed by atoms with Crippen LogP contribution < -0.4 is 19.5 Å². The van der Waals surface area contributed by atoms with Crippen LogP contribution in [0.4, 0.5) is 20.2 Å². The Bertz CT molecular complexity index is 1150. The zero-order valence-corrected chi connectivity index (χ0v) is 17.7. The van der Waals surface area contributed by atoms with Crippen molar-refractivity contribution in [1.29, 1.82) is 0 Å². The molecule has 2 aromatic carbocycles. The fraction of sp³-hybridized carbons (Fsp3) is 0.227. The molecule has 0 bridgehead atoms. The van der Waals surface area contributed by atoms with Crippen LogP contribution in [0.5, 0.6) is 17.2 Å². The second-order valence-corrected chi connectivity index (χ2v) is 6.71. The van der Waals surface area contributed by atoms with Crippen molar-refractivity contribution >= 4 is 17.3 Å². The lowest BCUT2D eigenvalue weighted by Gasteiger charge is -2.13. The minimum absolute atomic E-state index is 0.0436. The molecule has 33 heavy (non-hydrogen) atoms. The molecule has 0 spiro atoms. The Hall–Kier alpha value is -4.15. The number of nitro groups is 1. The zero-order chi connectivity index (χ0) is 24.0. The molecule has 1 aromatic heterocycles. The molecule has 0 atom stereocenters. The standard InChI is InChI=1S/C22H20F2N2O7/c1-3-30-20-11-14(5-8-18(20)33-22(23)24)25-21(27)19-9-6-15(32-19)12-31-17-7-4-13(2)10-16(17)26(28)29/h4-11,22H,3,12H2,1-2H3,(H,25,27). The summed E-state index contributed by atoms with van der Waals surface area (Å²) in [5.74, 6) is -0.421. The molecule has 0 saturated heterocycles. The van der Waals surface area contributed by atoms with Gasteiger partial charge in [-0.05, 0) is 49.7 Å². The number of ether oxygens (including phenoxy) is 3. The summed E-state index contributed by atoms with van der Waals surface area (Å²) in [6.07, 6.45) is 0. The molecular formula is C22H20F2N2O7. The van der Waals surface area contributed by atoms with E-state index in [2.05, 4.69) is 10.1 Å². The first kappa shape index (κ1) is 23.5. The summed E-state index contributed by atoms with van der Waals surface area (Å²) in [7, 11) is 0. The van der Waals surface area contributed by atoms with Crippen LogP contribution in [0.3, 0.4) is 0 Å². The average Bonchev–Trinajstić information content (AvgIpc) is 3.24. The van der Waals surface area contributed by atoms with Crippen molar-refractivity contribution in [2.75, 3.05) is 11.9 Å². The summed E-state index contributed by atoms with van der Waals surface area (Å²) in [6, 6.07) is 11.5. The summed E-state index contributed by atoms with van der Waals surface area (Å²) in [4.78, 5) is 23.1. The quantitative estimate of drug-likeness (QED) is 0.320. The van der Waals surface area contributed by atoms with Crippen LogP contribution in [0.1, 0.15) is 28.8 Å². The van der Waals surface area contributed by atoms with Gasteiger partial charge in [0, 0.05) is 17.8 Å². The Morgan fingerprint density at radius 3 is 2.55 bits per heavy atom. The topological polar surface area (TPSA) is 113 Å². The molecule has 3 rings (SSSR count). The molecule has 0 unspecified atom stereocenters. The van der Waals surface area contributed by atoms with Gasteiger partial charge in [-0.25, -0.2) is 0 Å². The number of carbonyl (C=O) groups is 1. The van der Waals surface area contributed by atoms with Crippen molar-refractivity contribution in [2.24, 2.45) is 0 Å². The van der Waals surface area contributed by atoms with Gasteiger partial charge in [-0.1, -0.05) is 6.07 Å². The highest BCUT2D eigenvalue weighted by Gasteiger charge is 2.18. The highest BCUT2D eigenvalue weighted by molar-refractivity contribution is 6.02. The van der Waals surface area contributed by atoms with Gasteiger partial charge in [0.05, 0.1) is 11.5 Å². The number of aryl methyl sites for hydroxylation is 1. The molecule has 0 aliphatic carbocycles. The Balaban J connectivity index is 1.67. The SMILES string of the molecule is CCOc1cc(NC(=O)c2ccc(COc3ccc(C)cc3[N+](=O)[O-])o2)ccc1OC(F)F. The molecule has 0 saturated carbocycles. The van der Waals surface area contributed by atoms with Gasteiger partial charge in [-0.15, -0.1) is 0 Å². The molecule has 9 nitrogen and oxygen atoms in total. The van der Waals surface area contributed by atoms with Gasteiger partial charge in [-0.2, -0.15) is 8.78 Å². The number of rotatable bonds is 10. The van der Waals surface area contributed by atoms with Crippen molar-refractivity contribution < 1.29 is 37.1 Å². The van der Waals surface area contributed by atoms with Gasteiger partial charge in [0.15, 0.2) is 23.0 Å². The number of hydrogen-bond acceptors (Lipinski definition) is 7. The largest absolute Gasteiger partial charge is 0.490 e. The van der Waals surface area contributed by atoms with Crippen LogP contribution in [0.2, 0.25) is 0 Å². The van der Waals surface area contributed by atoms with Gasteiger partial charge >= 0.3 is 12.3 Å². The molecular weight excluding hydrogens is 442 g/mol. The van der Waals surface area contributed by atoms with E-state index >= 15 is 0 Å². The minimum Gasteiger partial charge on any atom is -0.490 e. The third-order valence-electron chi connectivity index (χ3n) is 4.28. The highest BCUT2D eigenvalue weighted by Crippen LogP contribution is 2.32. The maximum Gasteiger partial charge on any atom is 0.387 e. The van der Waals surface area contributed by atoms with E-state index in [1.165, 1.54) is 42.5 Å². The minimum atomic E-state index is -3.02. The van der Waals surface area contributed by atoms with E-state index in [0.29, 0.717) is 5.56 Å². The number of nitro benzene ring substituents is 1. The second-order valence-electron chi connectivity index (χ2n) is 6.71. The number of furan rings is 1. The van der Waals surface area contributed by atoms with E-state index in [9.17, 15) is 23.7 Å². The van der Waals surface area contributed by atoms with Crippen molar-refractivity contribution in [2.45, 2.75) is 27.1 Å². The third kappa shape index (κ3) is 6.19. The van der Waals surface area contributed by atoms with Crippen LogP contribution >= 0.6 is 0 Å². The van der Waals surface area contributed by atoms with Gasteiger partial charge in [0.2, 0.25) is 0 Å². The number of halogens is 2. The number of carbonyl (C=O) groups excluding carboxylic acids is 1. The summed E-state index contributed by atoms with van der Waals surface area (Å²) in [5, 5.41) is 13.8. The molecule has 174 valence electrons. The summed E-state index contributed by atoms with van der Waals surface area (Å²) in [5.41, 5.74) is 0.811. The predicted molar refractivity (Wildman–Crippen MR) is 113 cm³/mol. The van der Waals surface area contributed by atoms with Gasteiger partial charge < -0.3 is 23.9 Å². The molecule has 0 radical (unpaired) electrons. The molecule has 1 N–H and O–H groups in total. The number of anilines is 1. The molecule has 1 heterocycles. The van der Waals surface area contributed by atoms with E-state index in [1.807, 2.05) is 0 Å². The smallest absolute Gasteiger partial charge is 0.387 e. The average molecular weight is 462 g/mol. The maximum absolute atomic E-state index is 12.5. The number of hydrogen-bond donors (Lipinski definition) is 1. The highest BCUT2D eigenvalue weighted by atomic mass is 19.3. The van der Waals surface area contributed by atoms with Gasteiger partial charge in [-0.3, -0.25) is 14.9 Å². The number of nitrogens with one attached hydrogen (secondary N) is 1. The Labute approximate surface area is 187 Å². The van der Waals surface area contributed by atoms with Crippen LogP contribution in [0, 0.1) is 17.0 Å². The normalized spacial score (nSPS) is 10.7. The van der Waals surface area contributed by atoms with Crippen LogP contribution in [-0.4, -0.2) is 24.0 Å². The van der Waals surface area contributed by atoms with Crippen molar-refractivity contribution in [3.63, 3.8) is 0 Å². The Kier molecular flexibility index (Phi) is 7.44. The first-order chi connectivity index (χ1) is 15.8. The number of alkyl halides is 2. The lowest BCUT2D eigenvalue weighted by molar-refractivity contribution is -0.386. The molecule has 0 aliphatic heterocycles. The van der Waals surface area contributed by atoms with E-state index in [1.54, 1.807) is 19.9 Å². The fourth-order valence-electron chi connectivity index (χ4n) is 2.86. The van der Waals surface area contributed by atoms with Crippen molar-refractivity contribution in [3.05, 3.63) is 75.7 Å². The fourth-order valence-corrected chi connectivity index (χ4v) is 2.86. The Morgan fingerprint density at radius 2 is 1.85 bits per heavy atom. The number of benzene rings is 2.